The van der Waals surface area contributed by atoms with Crippen LogP contribution in [0.25, 0.3) is 0 Å². The zero-order chi connectivity index (χ0) is 12.8. The summed E-state index contributed by atoms with van der Waals surface area (Å²) in [7, 11) is 0. The van der Waals surface area contributed by atoms with Gasteiger partial charge in [-0.2, -0.15) is 0 Å². The van der Waals surface area contributed by atoms with Gasteiger partial charge in [0.05, 0.1) is 0 Å². The van der Waals surface area contributed by atoms with Crippen molar-refractivity contribution in [3.05, 3.63) is 0 Å². The van der Waals surface area contributed by atoms with Gasteiger partial charge in [-0.3, -0.25) is 0 Å². The van der Waals surface area contributed by atoms with Gasteiger partial charge in [-0.05, 0) is 0 Å². The van der Waals surface area contributed by atoms with Crippen LogP contribution >= 0.6 is 20.9 Å². The van der Waals surface area contributed by atoms with E-state index in [4.69, 9.17) is 9.05 Å². The average Bonchev–Trinajstić information content (AvgIpc) is 2.56. The van der Waals surface area contributed by atoms with E-state index in [0.29, 0.717) is 8.67 Å². The average molecular weight is 507 g/mol. The fourth-order valence-corrected chi connectivity index (χ4v) is 219. The van der Waals surface area contributed by atoms with Crippen LogP contribution in [0.1, 0.15) is 41.5 Å². The van der Waals surface area contributed by atoms with Crippen LogP contribution in [0.3, 0.4) is 0 Å². The Hall–Kier alpha value is 2.68. The molecule has 2 nitrogen and oxygen atoms in total. The first-order valence-corrected chi connectivity index (χ1v) is 25.2. The number of hydrogen-bond donors (Lipinski definition) is 0. The van der Waals surface area contributed by atoms with E-state index >= 15 is 0 Å². The van der Waals surface area contributed by atoms with Gasteiger partial charge in [0, 0.05) is 0 Å². The molecule has 0 aliphatic carbocycles. The minimum absolute atomic E-state index is 0.0327. The molecular weight excluding hydrogens is 489 g/mol. The molecule has 100 valence electrons. The van der Waals surface area contributed by atoms with Gasteiger partial charge in [0.2, 0.25) is 0 Å². The second-order valence-electron chi connectivity index (χ2n) is 5.60. The van der Waals surface area contributed by atoms with Crippen molar-refractivity contribution in [3.8, 4) is 0 Å². The molecule has 2 aromatic rings. The summed E-state index contributed by atoms with van der Waals surface area (Å²) in [6.07, 6.45) is 0.0655. The molecule has 0 aliphatic rings. The molecule has 2 bridgehead atoms. The Morgan fingerprint density at radius 2 is 1.00 bits per heavy atom. The molecule has 0 saturated heterocycles. The van der Waals surface area contributed by atoms with Crippen LogP contribution < -0.4 is 9.05 Å². The Labute approximate surface area is 122 Å². The minimum atomic E-state index is 0.0327. The van der Waals surface area contributed by atoms with Gasteiger partial charge in [0.1, 0.15) is 0 Å². The molecule has 2 heterocycles. The van der Waals surface area contributed by atoms with Crippen molar-refractivity contribution in [3.63, 3.8) is 0 Å². The molecule has 0 saturated carbocycles. The predicted octanol–water partition coefficient (Wildman–Crippen LogP) is 4.13. The molecule has 0 aliphatic heterocycles. The summed E-state index contributed by atoms with van der Waals surface area (Å²) >= 11 is 2.64. The monoisotopic (exact) mass is 510 g/mol. The maximum atomic E-state index is 6.33. The van der Waals surface area contributed by atoms with E-state index in [1.807, 2.05) is 0 Å². The van der Waals surface area contributed by atoms with Crippen LogP contribution in [0.2, 0.25) is 0 Å². The first-order valence-electron chi connectivity index (χ1n) is 5.27. The number of rotatable bonds is 2. The van der Waals surface area contributed by atoms with Gasteiger partial charge in [0.25, 0.3) is 0 Å². The number of fused-ring (bicyclic) bond motifs is 2. The van der Waals surface area contributed by atoms with Gasteiger partial charge in [-0.1, -0.05) is 0 Å². The fraction of sp³-hybridized carbons (Fsp3) is 1.00. The third kappa shape index (κ3) is 4.87. The molecule has 0 N–H and O–H groups in total. The van der Waals surface area contributed by atoms with E-state index in [1.165, 1.54) is 0 Å². The summed E-state index contributed by atoms with van der Waals surface area (Å²) < 4.78 is 13.3. The molecule has 4 atom stereocenters. The molecular formula is C8H18O2P4Se3. The van der Waals surface area contributed by atoms with Crippen LogP contribution in [0.15, 0.2) is 0 Å². The fourth-order valence-electron chi connectivity index (χ4n) is 0.957. The molecule has 9 heteroatoms. The summed E-state index contributed by atoms with van der Waals surface area (Å²) in [6, 6.07) is 0. The van der Waals surface area contributed by atoms with Crippen molar-refractivity contribution in [2.24, 2.45) is 0 Å². The van der Waals surface area contributed by atoms with Crippen molar-refractivity contribution >= 4 is 61.6 Å². The molecule has 0 aromatic carbocycles. The van der Waals surface area contributed by atoms with Gasteiger partial charge in [-0.25, -0.2) is 0 Å². The molecule has 0 spiro atoms. The molecule has 0 radical (unpaired) electrons. The predicted molar refractivity (Wildman–Crippen MR) is 86.8 cm³/mol. The first-order chi connectivity index (χ1) is 7.64. The Morgan fingerprint density at radius 3 is 1.24 bits per heavy atom. The van der Waals surface area contributed by atoms with E-state index in [0.717, 1.165) is 40.8 Å². The molecule has 2 aromatic heterocycles. The van der Waals surface area contributed by atoms with Crippen LogP contribution in [-0.4, -0.2) is 52.0 Å². The maximum absolute atomic E-state index is 6.33. The van der Waals surface area contributed by atoms with Gasteiger partial charge in [-0.15, -0.1) is 0 Å². The van der Waals surface area contributed by atoms with E-state index in [-0.39, 0.29) is 23.4 Å². The molecule has 0 fully saturated rings. The summed E-state index contributed by atoms with van der Waals surface area (Å²) in [5.41, 5.74) is 0.188. The molecule has 17 heavy (non-hydrogen) atoms. The van der Waals surface area contributed by atoms with E-state index < -0.39 is 0 Å². The topological polar surface area (TPSA) is 18.5 Å². The Morgan fingerprint density at radius 1 is 0.647 bits per heavy atom. The second-order valence-corrected chi connectivity index (χ2v) is 55.0. The van der Waals surface area contributed by atoms with Gasteiger partial charge >= 0.3 is 123 Å². The number of hydrogen-bond acceptors (Lipinski definition) is 2. The zero-order valence-electron chi connectivity index (χ0n) is 10.8. The zero-order valence-corrected chi connectivity index (χ0v) is 19.5. The van der Waals surface area contributed by atoms with Crippen LogP contribution in [-0.2, 0) is 0 Å². The second kappa shape index (κ2) is 5.82. The summed E-state index contributed by atoms with van der Waals surface area (Å²) in [4.78, 5) is 0. The van der Waals surface area contributed by atoms with Crippen molar-refractivity contribution in [2.75, 3.05) is 0 Å². The van der Waals surface area contributed by atoms with Crippen molar-refractivity contribution in [1.82, 2.24) is 0 Å². The van der Waals surface area contributed by atoms with Crippen LogP contribution in [0.5, 0.6) is 0 Å². The third-order valence-electron chi connectivity index (χ3n) is 1.39. The molecule has 4 unspecified atom stereocenters. The first kappa shape index (κ1) is 16.1. The summed E-state index contributed by atoms with van der Waals surface area (Å²) in [6.45, 7) is 13.3. The Kier molecular flexibility index (Phi) is 5.49. The van der Waals surface area contributed by atoms with Crippen LogP contribution in [0, 0.1) is 0 Å². The Bertz CT molecular complexity index is 471. The van der Waals surface area contributed by atoms with E-state index in [1.54, 1.807) is 0 Å². The van der Waals surface area contributed by atoms with E-state index in [9.17, 15) is 0 Å². The van der Waals surface area contributed by atoms with Crippen LogP contribution in [0.4, 0.5) is 0 Å². The van der Waals surface area contributed by atoms with Crippen molar-refractivity contribution in [2.45, 2.75) is 52.7 Å². The Balaban J connectivity index is 2.22. The SMILES string of the molecule is CC(C)(C)Op1[se]p2[se]p1[se]p2OC(C)(C)C. The van der Waals surface area contributed by atoms with Crippen molar-refractivity contribution in [1.29, 1.82) is 0 Å². The van der Waals surface area contributed by atoms with E-state index in [2.05, 4.69) is 41.5 Å². The van der Waals surface area contributed by atoms with Gasteiger partial charge < -0.3 is 0 Å². The molecule has 2 rings (SSSR count). The summed E-state index contributed by atoms with van der Waals surface area (Å²) in [5, 5.41) is 0. The summed E-state index contributed by atoms with van der Waals surface area (Å²) in [5.74, 6) is 0. The van der Waals surface area contributed by atoms with Crippen molar-refractivity contribution < 1.29 is 9.05 Å². The quantitative estimate of drug-likeness (QED) is 0.570. The third-order valence-corrected chi connectivity index (χ3v) is 108. The van der Waals surface area contributed by atoms with Gasteiger partial charge in [0.15, 0.2) is 0 Å². The molecule has 0 amide bonds. The normalized spacial score (nSPS) is 18.0. The standard InChI is InChI=1S/C8H18O2P4Se3/c1-7(2,3)9-11-13-16-12(10-8(4,5)6)14(15-11)17-13/h1-6H3.